The van der Waals surface area contributed by atoms with E-state index in [1.807, 2.05) is 6.92 Å². The van der Waals surface area contributed by atoms with E-state index in [0.717, 1.165) is 5.56 Å². The van der Waals surface area contributed by atoms with Gasteiger partial charge in [0.1, 0.15) is 0 Å². The van der Waals surface area contributed by atoms with Crippen LogP contribution in [0.2, 0.25) is 0 Å². The highest BCUT2D eigenvalue weighted by Crippen LogP contribution is 2.23. The number of oxazole rings is 1. The zero-order chi connectivity index (χ0) is 18.0. The molecule has 0 unspecified atom stereocenters. The van der Waals surface area contributed by atoms with Crippen LogP contribution in [0.5, 0.6) is 0 Å². The molecule has 0 bridgehead atoms. The summed E-state index contributed by atoms with van der Waals surface area (Å²) in [4.78, 5) is 24.5. The molecular weight excluding hydrogens is 349 g/mol. The van der Waals surface area contributed by atoms with E-state index in [4.69, 9.17) is 27.6 Å². The number of fused-ring (bicyclic) bond motifs is 1. The Balaban J connectivity index is 2.62. The first kappa shape index (κ1) is 18.3. The van der Waals surface area contributed by atoms with E-state index < -0.39 is 5.76 Å². The molecule has 0 aliphatic carbocycles. The summed E-state index contributed by atoms with van der Waals surface area (Å²) < 4.78 is 6.60. The zero-order valence-electron chi connectivity index (χ0n) is 13.8. The molecule has 2 aromatic rings. The lowest BCUT2D eigenvalue weighted by molar-refractivity contribution is 0.103. The van der Waals surface area contributed by atoms with Gasteiger partial charge in [-0.15, -0.1) is 0 Å². The minimum Gasteiger partial charge on any atom is -0.408 e. The third-order valence-electron chi connectivity index (χ3n) is 3.52. The summed E-state index contributed by atoms with van der Waals surface area (Å²) in [5.74, 6) is -0.728. The van der Waals surface area contributed by atoms with Gasteiger partial charge in [-0.05, 0) is 50.6 Å². The molecule has 6 heteroatoms. The number of ketones is 1. The smallest absolute Gasteiger partial charge is 0.408 e. The van der Waals surface area contributed by atoms with Crippen molar-refractivity contribution < 1.29 is 9.21 Å². The van der Waals surface area contributed by atoms with Crippen molar-refractivity contribution in [2.24, 2.45) is 7.05 Å². The summed E-state index contributed by atoms with van der Waals surface area (Å²) in [5, 5.41) is 0.885. The molecule has 0 N–H and O–H groups in total. The highest BCUT2D eigenvalue weighted by atomic mass is 35.5. The summed E-state index contributed by atoms with van der Waals surface area (Å²) >= 11 is 11.9. The molecule has 0 atom stereocenters. The molecular formula is C18H17Cl2NO3. The van der Waals surface area contributed by atoms with Crippen molar-refractivity contribution in [1.29, 1.82) is 0 Å². The molecule has 1 aromatic carbocycles. The van der Waals surface area contributed by atoms with Gasteiger partial charge in [0.25, 0.3) is 0 Å². The monoisotopic (exact) mass is 365 g/mol. The van der Waals surface area contributed by atoms with Crippen molar-refractivity contribution in [3.63, 3.8) is 0 Å². The lowest BCUT2D eigenvalue weighted by atomic mass is 10.00. The van der Waals surface area contributed by atoms with Crippen LogP contribution in [0.15, 0.2) is 55.2 Å². The van der Waals surface area contributed by atoms with Gasteiger partial charge in [0.05, 0.1) is 5.52 Å². The fraction of sp³-hybridized carbons (Fsp3) is 0.222. The van der Waals surface area contributed by atoms with Crippen LogP contribution >= 0.6 is 23.2 Å². The molecule has 0 spiro atoms. The van der Waals surface area contributed by atoms with Gasteiger partial charge in [-0.1, -0.05) is 29.3 Å². The molecule has 126 valence electrons. The van der Waals surface area contributed by atoms with Crippen LogP contribution in [0.25, 0.3) is 11.1 Å². The second-order valence-electron chi connectivity index (χ2n) is 5.40. The summed E-state index contributed by atoms with van der Waals surface area (Å²) in [6.45, 7) is 5.27. The number of carbonyl (C=O) groups is 1. The topological polar surface area (TPSA) is 52.2 Å². The fourth-order valence-corrected chi connectivity index (χ4v) is 2.66. The predicted molar refractivity (Wildman–Crippen MR) is 97.8 cm³/mol. The molecule has 0 aliphatic heterocycles. The first-order valence-electron chi connectivity index (χ1n) is 7.26. The Labute approximate surface area is 149 Å². The van der Waals surface area contributed by atoms with Crippen LogP contribution in [0, 0.1) is 6.92 Å². The van der Waals surface area contributed by atoms with Crippen LogP contribution < -0.4 is 5.76 Å². The van der Waals surface area contributed by atoms with Gasteiger partial charge in [-0.25, -0.2) is 4.79 Å². The molecule has 4 nitrogen and oxygen atoms in total. The molecule has 24 heavy (non-hydrogen) atoms. The number of allylic oxidation sites excluding steroid dienone is 6. The maximum atomic E-state index is 12.8. The summed E-state index contributed by atoms with van der Waals surface area (Å²) in [6.07, 6.45) is 4.78. The molecule has 0 radical (unpaired) electrons. The van der Waals surface area contributed by atoms with E-state index in [0.29, 0.717) is 32.3 Å². The Kier molecular flexibility index (Phi) is 5.52. The molecule has 1 aromatic heterocycles. The minimum absolute atomic E-state index is 0.258. The summed E-state index contributed by atoms with van der Waals surface area (Å²) in [6, 6.07) is 3.27. The van der Waals surface area contributed by atoms with Crippen molar-refractivity contribution in [2.45, 2.75) is 20.8 Å². The quantitative estimate of drug-likeness (QED) is 0.442. The number of aromatic nitrogens is 1. The van der Waals surface area contributed by atoms with E-state index in [1.165, 1.54) is 4.57 Å². The molecule has 1 heterocycles. The molecule has 0 saturated heterocycles. The lowest BCUT2D eigenvalue weighted by Crippen LogP contribution is -2.09. The first-order valence-corrected chi connectivity index (χ1v) is 8.02. The van der Waals surface area contributed by atoms with E-state index in [-0.39, 0.29) is 5.78 Å². The second-order valence-corrected chi connectivity index (χ2v) is 6.43. The number of hydrogen-bond acceptors (Lipinski definition) is 3. The highest BCUT2D eigenvalue weighted by Gasteiger charge is 2.16. The van der Waals surface area contributed by atoms with Crippen LogP contribution in [0.1, 0.15) is 29.8 Å². The first-order chi connectivity index (χ1) is 11.2. The largest absolute Gasteiger partial charge is 0.419 e. The van der Waals surface area contributed by atoms with Crippen molar-refractivity contribution >= 4 is 40.1 Å². The maximum absolute atomic E-state index is 12.8. The van der Waals surface area contributed by atoms with Gasteiger partial charge in [-0.2, -0.15) is 0 Å². The molecule has 0 aliphatic rings. The SMILES string of the molecule is C/C=C(Cl)/C=C(\C=C(/C)Cl)C(=O)c1cc(C)c2c(c1)oc(=O)n2C. The van der Waals surface area contributed by atoms with Gasteiger partial charge in [0.15, 0.2) is 11.4 Å². The van der Waals surface area contributed by atoms with E-state index in [9.17, 15) is 9.59 Å². The minimum atomic E-state index is -0.470. The Hall–Kier alpha value is -2.04. The average Bonchev–Trinajstić information content (AvgIpc) is 2.80. The number of nitrogens with zero attached hydrogens (tertiary/aromatic N) is 1. The number of carbonyl (C=O) groups excluding carboxylic acids is 1. The van der Waals surface area contributed by atoms with Gasteiger partial charge < -0.3 is 4.42 Å². The molecule has 0 fully saturated rings. The standard InChI is InChI=1S/C18H17Cl2NO3/c1-5-14(20)8-13(7-11(3)19)17(22)12-6-10(2)16-15(9-12)24-18(23)21(16)4/h5-9H,1-4H3/b11-7+,13-8+,14-5-. The summed E-state index contributed by atoms with van der Waals surface area (Å²) in [7, 11) is 1.62. The normalized spacial score (nSPS) is 13.7. The number of hydrogen-bond donors (Lipinski definition) is 0. The second kappa shape index (κ2) is 7.24. The van der Waals surface area contributed by atoms with Crippen LogP contribution in [-0.2, 0) is 7.05 Å². The van der Waals surface area contributed by atoms with Crippen LogP contribution in [0.3, 0.4) is 0 Å². The predicted octanol–water partition coefficient (Wildman–Crippen LogP) is 4.83. The van der Waals surface area contributed by atoms with E-state index in [2.05, 4.69) is 0 Å². The average molecular weight is 366 g/mol. The van der Waals surface area contributed by atoms with Gasteiger partial charge in [0, 0.05) is 28.2 Å². The van der Waals surface area contributed by atoms with E-state index >= 15 is 0 Å². The molecule has 0 amide bonds. The molecule has 0 saturated carbocycles. The Morgan fingerprint density at radius 1 is 1.25 bits per heavy atom. The number of Topliss-reactive ketones (excluding diaryl/α,β-unsaturated/α-hetero) is 1. The zero-order valence-corrected chi connectivity index (χ0v) is 15.3. The number of benzene rings is 1. The Bertz CT molecular complexity index is 955. The van der Waals surface area contributed by atoms with Crippen molar-refractivity contribution in [3.8, 4) is 0 Å². The highest BCUT2D eigenvalue weighted by molar-refractivity contribution is 6.32. The van der Waals surface area contributed by atoms with Crippen LogP contribution in [-0.4, -0.2) is 10.4 Å². The fourth-order valence-electron chi connectivity index (χ4n) is 2.43. The van der Waals surface area contributed by atoms with Crippen molar-refractivity contribution in [3.05, 3.63) is 67.7 Å². The van der Waals surface area contributed by atoms with Crippen LogP contribution in [0.4, 0.5) is 0 Å². The van der Waals surface area contributed by atoms with Crippen molar-refractivity contribution in [2.75, 3.05) is 0 Å². The third kappa shape index (κ3) is 3.71. The summed E-state index contributed by atoms with van der Waals surface area (Å²) in [5.41, 5.74) is 2.55. The number of aryl methyl sites for hydroxylation is 2. The van der Waals surface area contributed by atoms with E-state index in [1.54, 1.807) is 51.3 Å². The van der Waals surface area contributed by atoms with Gasteiger partial charge >= 0.3 is 5.76 Å². The van der Waals surface area contributed by atoms with Gasteiger partial charge in [0.2, 0.25) is 0 Å². The molecule has 2 rings (SSSR count). The Morgan fingerprint density at radius 2 is 1.92 bits per heavy atom. The number of halogens is 2. The maximum Gasteiger partial charge on any atom is 0.419 e. The van der Waals surface area contributed by atoms with Crippen molar-refractivity contribution in [1.82, 2.24) is 4.57 Å². The van der Waals surface area contributed by atoms with Gasteiger partial charge in [-0.3, -0.25) is 9.36 Å². The number of rotatable bonds is 4. The third-order valence-corrected chi connectivity index (χ3v) is 3.96. The lowest BCUT2D eigenvalue weighted by Gasteiger charge is -2.06. The Morgan fingerprint density at radius 3 is 2.50 bits per heavy atom.